The van der Waals surface area contributed by atoms with Gasteiger partial charge in [-0.3, -0.25) is 4.79 Å². The van der Waals surface area contributed by atoms with E-state index in [1.165, 1.54) is 22.7 Å². The molecule has 1 aromatic carbocycles. The minimum absolute atomic E-state index is 0.136. The van der Waals surface area contributed by atoms with Crippen molar-refractivity contribution in [2.75, 3.05) is 6.54 Å². The van der Waals surface area contributed by atoms with Gasteiger partial charge < -0.3 is 4.90 Å². The van der Waals surface area contributed by atoms with Crippen molar-refractivity contribution < 1.29 is 9.18 Å². The molecule has 0 fully saturated rings. The fourth-order valence-corrected chi connectivity index (χ4v) is 3.47. The predicted octanol–water partition coefficient (Wildman–Crippen LogP) is 5.26. The lowest BCUT2D eigenvalue weighted by atomic mass is 10.0. The summed E-state index contributed by atoms with van der Waals surface area (Å²) in [4.78, 5) is 15.9. The van der Waals surface area contributed by atoms with E-state index in [9.17, 15) is 9.18 Å². The highest BCUT2D eigenvalue weighted by molar-refractivity contribution is 8.06. The molecule has 1 aromatic rings. The van der Waals surface area contributed by atoms with E-state index in [0.717, 1.165) is 30.0 Å². The summed E-state index contributed by atoms with van der Waals surface area (Å²) in [6.07, 6.45) is 3.83. The number of thioether (sulfide) groups is 1. The molecule has 0 spiro atoms. The minimum atomic E-state index is -0.375. The van der Waals surface area contributed by atoms with Crippen molar-refractivity contribution in [1.82, 2.24) is 4.90 Å². The summed E-state index contributed by atoms with van der Waals surface area (Å²) in [6, 6.07) is 4.34. The Morgan fingerprint density at radius 3 is 2.73 bits per heavy atom. The highest BCUT2D eigenvalue weighted by Gasteiger charge is 2.23. The number of allylic oxidation sites excluding steroid dienone is 3. The quantitative estimate of drug-likeness (QED) is 0.545. The number of rotatable bonds is 5. The molecule has 0 aromatic heterocycles. The number of ketones is 1. The van der Waals surface area contributed by atoms with Gasteiger partial charge >= 0.3 is 0 Å². The standard InChI is InChI=1S/C18H22FNOS/c1-5-6-9-20-13(3)14(4)22-18(20)11-17(21)16-10-15(19)8-7-12(16)2/h7-8,10-11H,5-6,9H2,1-4H3. The Balaban J connectivity index is 2.27. The fourth-order valence-electron chi connectivity index (χ4n) is 2.39. The zero-order chi connectivity index (χ0) is 16.3. The van der Waals surface area contributed by atoms with Crippen LogP contribution < -0.4 is 0 Å². The van der Waals surface area contributed by atoms with Crippen molar-refractivity contribution >= 4 is 17.5 Å². The normalized spacial score (nSPS) is 16.8. The molecule has 0 bridgehead atoms. The van der Waals surface area contributed by atoms with E-state index >= 15 is 0 Å². The molecule has 0 unspecified atom stereocenters. The monoisotopic (exact) mass is 319 g/mol. The maximum atomic E-state index is 13.4. The Kier molecular flexibility index (Phi) is 5.46. The number of hydrogen-bond donors (Lipinski definition) is 0. The van der Waals surface area contributed by atoms with Crippen molar-refractivity contribution in [3.8, 4) is 0 Å². The highest BCUT2D eigenvalue weighted by Crippen LogP contribution is 2.40. The molecule has 0 radical (unpaired) electrons. The summed E-state index contributed by atoms with van der Waals surface area (Å²) in [5.74, 6) is -0.511. The van der Waals surface area contributed by atoms with E-state index in [1.807, 2.05) is 6.92 Å². The SMILES string of the molecule is CCCCN1C(=CC(=O)c2cc(F)ccc2C)SC(C)=C1C. The molecule has 0 saturated heterocycles. The number of hydrogen-bond acceptors (Lipinski definition) is 3. The third-order valence-corrected chi connectivity index (χ3v) is 5.04. The molecule has 0 atom stereocenters. The first-order chi connectivity index (χ1) is 10.4. The van der Waals surface area contributed by atoms with Gasteiger partial charge in [-0.1, -0.05) is 31.2 Å². The van der Waals surface area contributed by atoms with Crippen LogP contribution in [0.2, 0.25) is 0 Å². The minimum Gasteiger partial charge on any atom is -0.339 e. The van der Waals surface area contributed by atoms with Gasteiger partial charge in [0, 0.05) is 28.8 Å². The Morgan fingerprint density at radius 2 is 2.05 bits per heavy atom. The van der Waals surface area contributed by atoms with Crippen molar-refractivity contribution in [3.05, 3.63) is 56.9 Å². The lowest BCUT2D eigenvalue weighted by Crippen LogP contribution is -2.18. The van der Waals surface area contributed by atoms with Gasteiger partial charge in [-0.15, -0.1) is 0 Å². The molecule has 0 N–H and O–H groups in total. The maximum Gasteiger partial charge on any atom is 0.188 e. The summed E-state index contributed by atoms with van der Waals surface area (Å²) < 4.78 is 13.4. The maximum absolute atomic E-state index is 13.4. The summed E-state index contributed by atoms with van der Waals surface area (Å²) in [5, 5.41) is 0.942. The first-order valence-corrected chi connectivity index (χ1v) is 8.40. The van der Waals surface area contributed by atoms with E-state index < -0.39 is 0 Å². The van der Waals surface area contributed by atoms with Crippen LogP contribution >= 0.6 is 11.8 Å². The molecule has 0 saturated carbocycles. The zero-order valence-corrected chi connectivity index (χ0v) is 14.4. The van der Waals surface area contributed by atoms with Crippen LogP contribution in [-0.4, -0.2) is 17.2 Å². The fraction of sp³-hybridized carbons (Fsp3) is 0.389. The van der Waals surface area contributed by atoms with Crippen LogP contribution in [0.15, 0.2) is 39.9 Å². The molecule has 1 heterocycles. The lowest BCUT2D eigenvalue weighted by Gasteiger charge is -2.21. The van der Waals surface area contributed by atoms with E-state index in [1.54, 1.807) is 23.9 Å². The van der Waals surface area contributed by atoms with E-state index in [2.05, 4.69) is 25.7 Å². The van der Waals surface area contributed by atoms with Gasteiger partial charge in [-0.2, -0.15) is 0 Å². The highest BCUT2D eigenvalue weighted by atomic mass is 32.2. The summed E-state index contributed by atoms with van der Waals surface area (Å²) in [7, 11) is 0. The molecular weight excluding hydrogens is 297 g/mol. The number of halogens is 1. The lowest BCUT2D eigenvalue weighted by molar-refractivity contribution is 0.104. The molecule has 22 heavy (non-hydrogen) atoms. The van der Waals surface area contributed by atoms with Crippen molar-refractivity contribution in [3.63, 3.8) is 0 Å². The van der Waals surface area contributed by atoms with Gasteiger partial charge in [0.2, 0.25) is 0 Å². The molecule has 2 rings (SSSR count). The summed E-state index contributed by atoms with van der Waals surface area (Å²) in [5.41, 5.74) is 2.44. The first kappa shape index (κ1) is 16.8. The number of unbranched alkanes of at least 4 members (excludes halogenated alkanes) is 1. The van der Waals surface area contributed by atoms with Crippen LogP contribution in [0.3, 0.4) is 0 Å². The second kappa shape index (κ2) is 7.14. The molecule has 1 aliphatic rings. The smallest absolute Gasteiger partial charge is 0.188 e. The topological polar surface area (TPSA) is 20.3 Å². The molecule has 4 heteroatoms. The average molecular weight is 319 g/mol. The zero-order valence-electron chi connectivity index (χ0n) is 13.6. The third kappa shape index (κ3) is 3.61. The van der Waals surface area contributed by atoms with Crippen LogP contribution in [0.4, 0.5) is 4.39 Å². The van der Waals surface area contributed by atoms with Crippen LogP contribution in [0, 0.1) is 12.7 Å². The molecular formula is C18H22FNOS. The van der Waals surface area contributed by atoms with Crippen molar-refractivity contribution in [1.29, 1.82) is 0 Å². The Labute approximate surface area is 136 Å². The number of aryl methyl sites for hydroxylation is 1. The van der Waals surface area contributed by atoms with Crippen LogP contribution in [0.5, 0.6) is 0 Å². The second-order valence-electron chi connectivity index (χ2n) is 5.55. The summed E-state index contributed by atoms with van der Waals surface area (Å²) in [6.45, 7) is 9.04. The molecule has 0 aliphatic carbocycles. The molecule has 2 nitrogen and oxygen atoms in total. The van der Waals surface area contributed by atoms with Gasteiger partial charge in [0.1, 0.15) is 5.82 Å². The Morgan fingerprint density at radius 1 is 1.32 bits per heavy atom. The van der Waals surface area contributed by atoms with Crippen LogP contribution in [-0.2, 0) is 0 Å². The van der Waals surface area contributed by atoms with Gasteiger partial charge in [-0.05, 0) is 44.9 Å². The van der Waals surface area contributed by atoms with Gasteiger partial charge in [0.25, 0.3) is 0 Å². The number of carbonyl (C=O) groups excluding carboxylic acids is 1. The predicted molar refractivity (Wildman–Crippen MR) is 91.1 cm³/mol. The van der Waals surface area contributed by atoms with Crippen LogP contribution in [0.25, 0.3) is 0 Å². The third-order valence-electron chi connectivity index (χ3n) is 3.89. The number of nitrogens with zero attached hydrogens (tertiary/aromatic N) is 1. The first-order valence-electron chi connectivity index (χ1n) is 7.59. The van der Waals surface area contributed by atoms with E-state index in [0.29, 0.717) is 5.56 Å². The summed E-state index contributed by atoms with van der Waals surface area (Å²) >= 11 is 1.62. The Hall–Kier alpha value is -1.55. The largest absolute Gasteiger partial charge is 0.339 e. The number of benzene rings is 1. The second-order valence-corrected chi connectivity index (χ2v) is 6.79. The van der Waals surface area contributed by atoms with Gasteiger partial charge in [-0.25, -0.2) is 4.39 Å². The molecule has 1 aliphatic heterocycles. The number of carbonyl (C=O) groups is 1. The van der Waals surface area contributed by atoms with Gasteiger partial charge in [0.05, 0.1) is 5.03 Å². The van der Waals surface area contributed by atoms with Gasteiger partial charge in [0.15, 0.2) is 5.78 Å². The van der Waals surface area contributed by atoms with E-state index in [4.69, 9.17) is 0 Å². The average Bonchev–Trinajstić information content (AvgIpc) is 2.74. The molecule has 0 amide bonds. The van der Waals surface area contributed by atoms with Crippen molar-refractivity contribution in [2.24, 2.45) is 0 Å². The molecule has 118 valence electrons. The Bertz CT molecular complexity index is 648. The van der Waals surface area contributed by atoms with Crippen LogP contribution in [0.1, 0.15) is 49.5 Å². The van der Waals surface area contributed by atoms with E-state index in [-0.39, 0.29) is 11.6 Å². The van der Waals surface area contributed by atoms with Crippen molar-refractivity contribution in [2.45, 2.75) is 40.5 Å².